The Morgan fingerprint density at radius 2 is 1.92 bits per heavy atom. The monoisotopic (exact) mass is 366 g/mol. The third kappa shape index (κ3) is 2.98. The number of carbonyl (C=O) groups is 2. The van der Waals surface area contributed by atoms with Crippen LogP contribution in [0, 0.1) is 5.41 Å². The molecule has 0 spiro atoms. The van der Waals surface area contributed by atoms with Crippen molar-refractivity contribution < 1.29 is 19.4 Å². The minimum atomic E-state index is -0.731. The second-order valence-corrected chi connectivity index (χ2v) is 9.29. The van der Waals surface area contributed by atoms with E-state index in [4.69, 9.17) is 10.5 Å². The SMILES string of the molecule is CC1(C)Cc2c(sc(NC(=O)C3(CO)CCC3)c2C(N)=O)C(C)(C)O1. The van der Waals surface area contributed by atoms with E-state index in [9.17, 15) is 14.7 Å². The molecular formula is C18H26N2O4S. The van der Waals surface area contributed by atoms with Gasteiger partial charge in [-0.05, 0) is 46.1 Å². The smallest absolute Gasteiger partial charge is 0.251 e. The van der Waals surface area contributed by atoms with Crippen LogP contribution in [0.15, 0.2) is 0 Å². The van der Waals surface area contributed by atoms with Gasteiger partial charge in [-0.3, -0.25) is 9.59 Å². The van der Waals surface area contributed by atoms with E-state index < -0.39 is 22.5 Å². The van der Waals surface area contributed by atoms with Crippen molar-refractivity contribution in [2.75, 3.05) is 11.9 Å². The minimum absolute atomic E-state index is 0.183. The lowest BCUT2D eigenvalue weighted by Crippen LogP contribution is -2.45. The number of aliphatic hydroxyl groups excluding tert-OH is 1. The molecule has 0 bridgehead atoms. The molecule has 0 atom stereocenters. The van der Waals surface area contributed by atoms with Gasteiger partial charge < -0.3 is 20.9 Å². The summed E-state index contributed by atoms with van der Waals surface area (Å²) in [5.41, 5.74) is 5.16. The Kier molecular flexibility index (Phi) is 4.25. The predicted molar refractivity (Wildman–Crippen MR) is 96.7 cm³/mol. The molecule has 0 aromatic carbocycles. The van der Waals surface area contributed by atoms with Gasteiger partial charge in [0.2, 0.25) is 5.91 Å². The van der Waals surface area contributed by atoms with E-state index in [-0.39, 0.29) is 12.5 Å². The summed E-state index contributed by atoms with van der Waals surface area (Å²) in [7, 11) is 0. The van der Waals surface area contributed by atoms with Gasteiger partial charge in [0, 0.05) is 11.3 Å². The lowest BCUT2D eigenvalue weighted by molar-refractivity contribution is -0.136. The highest BCUT2D eigenvalue weighted by Crippen LogP contribution is 2.49. The third-order valence-electron chi connectivity index (χ3n) is 5.26. The standard InChI is InChI=1S/C18H26N2O4S/c1-16(2)8-10-11(13(19)22)14(25-12(10)17(3,4)24-16)20-15(23)18(9-21)6-5-7-18/h21H,5-9H2,1-4H3,(H2,19,22)(H,20,23). The maximum absolute atomic E-state index is 12.7. The molecule has 0 unspecified atom stereocenters. The zero-order valence-electron chi connectivity index (χ0n) is 15.2. The maximum atomic E-state index is 12.7. The predicted octanol–water partition coefficient (Wildman–Crippen LogP) is 2.53. The number of nitrogens with two attached hydrogens (primary N) is 1. The van der Waals surface area contributed by atoms with Crippen LogP contribution in [-0.4, -0.2) is 29.1 Å². The number of hydrogen-bond acceptors (Lipinski definition) is 5. The molecule has 2 aliphatic rings. The topological polar surface area (TPSA) is 102 Å². The van der Waals surface area contributed by atoms with Crippen LogP contribution in [-0.2, 0) is 21.6 Å². The number of thiophene rings is 1. The van der Waals surface area contributed by atoms with Crippen LogP contribution in [0.25, 0.3) is 0 Å². The fraction of sp³-hybridized carbons (Fsp3) is 0.667. The largest absolute Gasteiger partial charge is 0.395 e. The highest BCUT2D eigenvalue weighted by molar-refractivity contribution is 7.17. The fourth-order valence-electron chi connectivity index (χ4n) is 3.96. The number of anilines is 1. The minimum Gasteiger partial charge on any atom is -0.395 e. The zero-order chi connectivity index (χ0) is 18.6. The molecule has 1 aromatic heterocycles. The number of ether oxygens (including phenoxy) is 1. The summed E-state index contributed by atoms with van der Waals surface area (Å²) in [6.07, 6.45) is 2.80. The van der Waals surface area contributed by atoms with Crippen LogP contribution in [0.1, 0.15) is 67.8 Å². The number of amides is 2. The van der Waals surface area contributed by atoms with Crippen molar-refractivity contribution in [1.29, 1.82) is 0 Å². The number of fused-ring (bicyclic) bond motifs is 1. The van der Waals surface area contributed by atoms with Crippen molar-refractivity contribution in [3.8, 4) is 0 Å². The summed E-state index contributed by atoms with van der Waals surface area (Å²) >= 11 is 1.35. The molecule has 1 aromatic rings. The van der Waals surface area contributed by atoms with Gasteiger partial charge >= 0.3 is 0 Å². The maximum Gasteiger partial charge on any atom is 0.251 e. The average molecular weight is 366 g/mol. The highest BCUT2D eigenvalue weighted by Gasteiger charge is 2.46. The molecule has 1 saturated carbocycles. The molecule has 138 valence electrons. The van der Waals surface area contributed by atoms with E-state index in [1.165, 1.54) is 11.3 Å². The zero-order valence-corrected chi connectivity index (χ0v) is 16.0. The molecule has 4 N–H and O–H groups in total. The molecule has 0 radical (unpaired) electrons. The van der Waals surface area contributed by atoms with Gasteiger partial charge in [-0.25, -0.2) is 0 Å². The van der Waals surface area contributed by atoms with E-state index in [1.54, 1.807) is 0 Å². The normalized spacial score (nSPS) is 22.6. The Morgan fingerprint density at radius 1 is 1.28 bits per heavy atom. The van der Waals surface area contributed by atoms with Crippen LogP contribution < -0.4 is 11.1 Å². The summed E-state index contributed by atoms with van der Waals surface area (Å²) in [4.78, 5) is 25.7. The molecule has 1 aliphatic heterocycles. The molecule has 3 rings (SSSR count). The molecule has 6 nitrogen and oxygen atoms in total. The first-order valence-electron chi connectivity index (χ1n) is 8.60. The van der Waals surface area contributed by atoms with Crippen LogP contribution >= 0.6 is 11.3 Å². The van der Waals surface area contributed by atoms with Crippen molar-refractivity contribution in [2.24, 2.45) is 11.1 Å². The van der Waals surface area contributed by atoms with E-state index in [0.29, 0.717) is 29.8 Å². The molecule has 25 heavy (non-hydrogen) atoms. The Labute approximate surface area is 151 Å². The quantitative estimate of drug-likeness (QED) is 0.762. The van der Waals surface area contributed by atoms with Crippen molar-refractivity contribution in [1.82, 2.24) is 0 Å². The van der Waals surface area contributed by atoms with E-state index >= 15 is 0 Å². The van der Waals surface area contributed by atoms with E-state index in [2.05, 4.69) is 5.32 Å². The van der Waals surface area contributed by atoms with Gasteiger partial charge in [0.05, 0.1) is 28.8 Å². The molecular weight excluding hydrogens is 340 g/mol. The van der Waals surface area contributed by atoms with Crippen LogP contribution in [0.3, 0.4) is 0 Å². The first kappa shape index (κ1) is 18.4. The van der Waals surface area contributed by atoms with Gasteiger partial charge in [0.25, 0.3) is 5.91 Å². The summed E-state index contributed by atoms with van der Waals surface area (Å²) in [6, 6.07) is 0. The average Bonchev–Trinajstić information content (AvgIpc) is 2.74. The highest BCUT2D eigenvalue weighted by atomic mass is 32.1. The molecule has 0 saturated heterocycles. The van der Waals surface area contributed by atoms with Gasteiger partial charge in [0.1, 0.15) is 5.00 Å². The van der Waals surface area contributed by atoms with Gasteiger partial charge in [-0.1, -0.05) is 6.42 Å². The van der Waals surface area contributed by atoms with Gasteiger partial charge in [0.15, 0.2) is 0 Å². The molecule has 7 heteroatoms. The molecule has 1 fully saturated rings. The second-order valence-electron chi connectivity index (χ2n) is 8.27. The van der Waals surface area contributed by atoms with Gasteiger partial charge in [-0.15, -0.1) is 11.3 Å². The number of aliphatic hydroxyl groups is 1. The Bertz CT molecular complexity index is 726. The second kappa shape index (κ2) is 5.79. The van der Waals surface area contributed by atoms with Crippen molar-refractivity contribution in [3.05, 3.63) is 16.0 Å². The Morgan fingerprint density at radius 3 is 2.40 bits per heavy atom. The first-order valence-corrected chi connectivity index (χ1v) is 9.41. The molecule has 2 heterocycles. The number of primary amides is 1. The van der Waals surface area contributed by atoms with E-state index in [1.807, 2.05) is 27.7 Å². The number of hydrogen-bond donors (Lipinski definition) is 3. The number of rotatable bonds is 4. The summed E-state index contributed by atoms with van der Waals surface area (Å²) < 4.78 is 6.17. The lowest BCUT2D eigenvalue weighted by atomic mass is 9.68. The molecule has 2 amide bonds. The summed E-state index contributed by atoms with van der Waals surface area (Å²) in [5.74, 6) is -0.784. The van der Waals surface area contributed by atoms with E-state index in [0.717, 1.165) is 16.9 Å². The van der Waals surface area contributed by atoms with Crippen LogP contribution in [0.5, 0.6) is 0 Å². The Hall–Kier alpha value is -1.44. The fourth-order valence-corrected chi connectivity index (χ4v) is 5.22. The van der Waals surface area contributed by atoms with Crippen LogP contribution in [0.2, 0.25) is 0 Å². The van der Waals surface area contributed by atoms with Crippen molar-refractivity contribution in [2.45, 2.75) is 64.6 Å². The third-order valence-corrected chi connectivity index (χ3v) is 6.71. The number of nitrogens with one attached hydrogen (secondary N) is 1. The summed E-state index contributed by atoms with van der Waals surface area (Å²) in [6.45, 7) is 7.69. The summed E-state index contributed by atoms with van der Waals surface area (Å²) in [5, 5.41) is 12.9. The lowest BCUT2D eigenvalue weighted by Gasteiger charge is -2.41. The van der Waals surface area contributed by atoms with Crippen LogP contribution in [0.4, 0.5) is 5.00 Å². The Balaban J connectivity index is 2.03. The number of carbonyl (C=O) groups excluding carboxylic acids is 2. The molecule has 1 aliphatic carbocycles. The van der Waals surface area contributed by atoms with Gasteiger partial charge in [-0.2, -0.15) is 0 Å². The van der Waals surface area contributed by atoms with Crippen molar-refractivity contribution in [3.63, 3.8) is 0 Å². The first-order chi connectivity index (χ1) is 11.5. The van der Waals surface area contributed by atoms with Crippen molar-refractivity contribution >= 4 is 28.2 Å².